The molecule has 3 rings (SSSR count). The van der Waals surface area contributed by atoms with E-state index in [0.29, 0.717) is 30.3 Å². The first-order chi connectivity index (χ1) is 14.6. The van der Waals surface area contributed by atoms with E-state index in [0.717, 1.165) is 0 Å². The summed E-state index contributed by atoms with van der Waals surface area (Å²) in [7, 11) is -3.60. The maximum Gasteiger partial charge on any atom is 0.256 e. The lowest BCUT2D eigenvalue weighted by molar-refractivity contribution is 0.102. The van der Waals surface area contributed by atoms with Gasteiger partial charge in [0.1, 0.15) is 5.82 Å². The lowest BCUT2D eigenvalue weighted by Crippen LogP contribution is -2.30. The van der Waals surface area contributed by atoms with Crippen LogP contribution in [0, 0.1) is 13.8 Å². The van der Waals surface area contributed by atoms with Gasteiger partial charge >= 0.3 is 0 Å². The average Bonchev–Trinajstić information content (AvgIpc) is 3.08. The van der Waals surface area contributed by atoms with Gasteiger partial charge in [-0.1, -0.05) is 13.8 Å². The molecule has 0 aliphatic heterocycles. The molecular weight excluding hydrogens is 420 g/mol. The van der Waals surface area contributed by atoms with Crippen LogP contribution in [0.1, 0.15) is 35.6 Å². The molecule has 0 bridgehead atoms. The molecular formula is C20H24N6O4S. The lowest BCUT2D eigenvalue weighted by Gasteiger charge is -2.18. The molecule has 1 amide bonds. The minimum Gasteiger partial charge on any atom is -0.306 e. The Bertz CT molecular complexity index is 1260. The summed E-state index contributed by atoms with van der Waals surface area (Å²) in [4.78, 5) is 31.5. The first-order valence-corrected chi connectivity index (χ1v) is 11.2. The topological polar surface area (TPSA) is 130 Å². The summed E-state index contributed by atoms with van der Waals surface area (Å²) in [6.45, 7) is 7.68. The molecule has 0 unspecified atom stereocenters. The Morgan fingerprint density at radius 2 is 1.74 bits per heavy atom. The van der Waals surface area contributed by atoms with Gasteiger partial charge in [-0.25, -0.2) is 13.4 Å². The van der Waals surface area contributed by atoms with Crippen molar-refractivity contribution < 1.29 is 13.2 Å². The van der Waals surface area contributed by atoms with E-state index in [1.54, 1.807) is 33.8 Å². The third kappa shape index (κ3) is 4.72. The molecule has 2 heterocycles. The summed E-state index contributed by atoms with van der Waals surface area (Å²) in [5, 5.41) is 7.01. The number of aryl methyl sites for hydroxylation is 2. The van der Waals surface area contributed by atoms with Crippen LogP contribution < -0.4 is 10.9 Å². The van der Waals surface area contributed by atoms with Gasteiger partial charge < -0.3 is 5.32 Å². The van der Waals surface area contributed by atoms with Gasteiger partial charge in [0.2, 0.25) is 16.0 Å². The van der Waals surface area contributed by atoms with Gasteiger partial charge in [0, 0.05) is 36.5 Å². The molecule has 1 aromatic carbocycles. The van der Waals surface area contributed by atoms with Crippen LogP contribution in [0.5, 0.6) is 0 Å². The summed E-state index contributed by atoms with van der Waals surface area (Å²) in [6, 6.07) is 8.71. The number of benzene rings is 1. The molecule has 164 valence electrons. The van der Waals surface area contributed by atoms with Crippen molar-refractivity contribution in [2.75, 3.05) is 18.4 Å². The molecule has 31 heavy (non-hydrogen) atoms. The smallest absolute Gasteiger partial charge is 0.256 e. The Kier molecular flexibility index (Phi) is 6.37. The highest BCUT2D eigenvalue weighted by atomic mass is 32.2. The number of rotatable bonds is 7. The summed E-state index contributed by atoms with van der Waals surface area (Å²) >= 11 is 0. The van der Waals surface area contributed by atoms with Gasteiger partial charge in [0.05, 0.1) is 10.6 Å². The molecule has 0 aliphatic rings. The Labute approximate surface area is 180 Å². The van der Waals surface area contributed by atoms with Gasteiger partial charge in [0.15, 0.2) is 0 Å². The second-order valence-electron chi connectivity index (χ2n) is 6.86. The van der Waals surface area contributed by atoms with Crippen LogP contribution >= 0.6 is 0 Å². The predicted molar refractivity (Wildman–Crippen MR) is 116 cm³/mol. The van der Waals surface area contributed by atoms with Crippen molar-refractivity contribution in [1.29, 1.82) is 0 Å². The highest BCUT2D eigenvalue weighted by Gasteiger charge is 2.22. The molecule has 0 aliphatic carbocycles. The standard InChI is InChI=1S/C20H24N6O4S/c1-5-25(6-2)31(29,30)16-9-7-15(8-10-16)19(28)22-17-11-14(4)24-26(17)20-21-13(3)12-18(27)23-20/h7-12H,5-6H2,1-4H3,(H,22,28)(H,21,23,27). The summed E-state index contributed by atoms with van der Waals surface area (Å²) < 4.78 is 27.9. The van der Waals surface area contributed by atoms with Gasteiger partial charge in [-0.2, -0.15) is 14.1 Å². The van der Waals surface area contributed by atoms with Crippen LogP contribution in [0.3, 0.4) is 0 Å². The molecule has 0 saturated carbocycles. The number of hydrogen-bond donors (Lipinski definition) is 2. The highest BCUT2D eigenvalue weighted by molar-refractivity contribution is 7.89. The van der Waals surface area contributed by atoms with E-state index in [2.05, 4.69) is 20.4 Å². The second-order valence-corrected chi connectivity index (χ2v) is 8.80. The van der Waals surface area contributed by atoms with Crippen molar-refractivity contribution in [2.24, 2.45) is 0 Å². The van der Waals surface area contributed by atoms with Crippen LogP contribution in [0.4, 0.5) is 5.82 Å². The van der Waals surface area contributed by atoms with E-state index >= 15 is 0 Å². The van der Waals surface area contributed by atoms with Gasteiger partial charge in [-0.05, 0) is 38.1 Å². The maximum atomic E-state index is 12.7. The molecule has 0 saturated heterocycles. The monoisotopic (exact) mass is 444 g/mol. The largest absolute Gasteiger partial charge is 0.306 e. The Morgan fingerprint density at radius 1 is 1.10 bits per heavy atom. The quantitative estimate of drug-likeness (QED) is 0.572. The van der Waals surface area contributed by atoms with Crippen LogP contribution in [0.25, 0.3) is 5.95 Å². The van der Waals surface area contributed by atoms with Crippen LogP contribution in [0.15, 0.2) is 46.1 Å². The Balaban J connectivity index is 1.87. The van der Waals surface area contributed by atoms with Crippen LogP contribution in [-0.2, 0) is 10.0 Å². The van der Waals surface area contributed by atoms with Crippen LogP contribution in [-0.4, -0.2) is 51.5 Å². The third-order valence-corrected chi connectivity index (χ3v) is 6.65. The fraction of sp³-hybridized carbons (Fsp3) is 0.300. The number of sulfonamides is 1. The molecule has 2 N–H and O–H groups in total. The van der Waals surface area contributed by atoms with Gasteiger partial charge in [-0.3, -0.25) is 14.6 Å². The molecule has 11 heteroatoms. The van der Waals surface area contributed by atoms with Crippen LogP contribution in [0.2, 0.25) is 0 Å². The number of carbonyl (C=O) groups is 1. The highest BCUT2D eigenvalue weighted by Crippen LogP contribution is 2.18. The predicted octanol–water partition coefficient (Wildman–Crippen LogP) is 1.86. The average molecular weight is 445 g/mol. The lowest BCUT2D eigenvalue weighted by atomic mass is 10.2. The summed E-state index contributed by atoms with van der Waals surface area (Å²) in [6.07, 6.45) is 0. The zero-order valence-corrected chi connectivity index (χ0v) is 18.5. The van der Waals surface area contributed by atoms with E-state index in [4.69, 9.17) is 0 Å². The maximum absolute atomic E-state index is 12.7. The first-order valence-electron chi connectivity index (χ1n) is 9.72. The zero-order chi connectivity index (χ0) is 22.8. The SMILES string of the molecule is CCN(CC)S(=O)(=O)c1ccc(C(=O)Nc2cc(C)nn2-c2nc(C)cc(=O)[nH]2)cc1. The van der Waals surface area contributed by atoms with Crippen molar-refractivity contribution in [2.45, 2.75) is 32.6 Å². The number of aromatic amines is 1. The minimum absolute atomic E-state index is 0.121. The van der Waals surface area contributed by atoms with E-state index in [9.17, 15) is 18.0 Å². The van der Waals surface area contributed by atoms with Crippen molar-refractivity contribution in [3.63, 3.8) is 0 Å². The number of aromatic nitrogens is 4. The summed E-state index contributed by atoms with van der Waals surface area (Å²) in [5.74, 6) is 0.0353. The van der Waals surface area contributed by atoms with E-state index in [-0.39, 0.29) is 22.0 Å². The number of anilines is 1. The number of amides is 1. The third-order valence-electron chi connectivity index (χ3n) is 4.59. The fourth-order valence-corrected chi connectivity index (χ4v) is 4.55. The first kappa shape index (κ1) is 22.4. The normalized spacial score (nSPS) is 11.6. The second kappa shape index (κ2) is 8.82. The van der Waals surface area contributed by atoms with Gasteiger partial charge in [0.25, 0.3) is 11.5 Å². The Morgan fingerprint density at radius 3 is 2.32 bits per heavy atom. The van der Waals surface area contributed by atoms with Crippen molar-refractivity contribution in [1.82, 2.24) is 24.1 Å². The molecule has 0 radical (unpaired) electrons. The number of H-pyrrole nitrogens is 1. The Hall–Kier alpha value is -3.31. The molecule has 10 nitrogen and oxygen atoms in total. The molecule has 3 aromatic rings. The molecule has 0 atom stereocenters. The van der Waals surface area contributed by atoms with E-state index in [1.165, 1.54) is 39.3 Å². The number of carbonyl (C=O) groups excluding carboxylic acids is 1. The zero-order valence-electron chi connectivity index (χ0n) is 17.7. The number of nitrogens with one attached hydrogen (secondary N) is 2. The molecule has 0 spiro atoms. The number of hydrogen-bond acceptors (Lipinski definition) is 6. The van der Waals surface area contributed by atoms with Crippen molar-refractivity contribution in [3.8, 4) is 5.95 Å². The van der Waals surface area contributed by atoms with Gasteiger partial charge in [-0.15, -0.1) is 0 Å². The number of nitrogens with zero attached hydrogens (tertiary/aromatic N) is 4. The van der Waals surface area contributed by atoms with E-state index in [1.807, 2.05) is 0 Å². The fourth-order valence-electron chi connectivity index (χ4n) is 3.09. The summed E-state index contributed by atoms with van der Waals surface area (Å²) in [5.41, 5.74) is 1.06. The molecule has 0 fully saturated rings. The van der Waals surface area contributed by atoms with E-state index < -0.39 is 15.9 Å². The van der Waals surface area contributed by atoms with Crippen molar-refractivity contribution in [3.05, 3.63) is 63.7 Å². The minimum atomic E-state index is -3.60. The molecule has 2 aromatic heterocycles. The van der Waals surface area contributed by atoms with Crippen molar-refractivity contribution >= 4 is 21.7 Å².